The van der Waals surface area contributed by atoms with Gasteiger partial charge in [0.05, 0.1) is 29.2 Å². The molecule has 0 atom stereocenters. The number of hydrogen-bond acceptors (Lipinski definition) is 6. The van der Waals surface area contributed by atoms with Crippen molar-refractivity contribution in [1.82, 2.24) is 4.90 Å². The Balaban J connectivity index is 1.81. The molecule has 1 aliphatic rings. The first kappa shape index (κ1) is 21.1. The molecule has 0 saturated carbocycles. The van der Waals surface area contributed by atoms with Crippen LogP contribution in [0.25, 0.3) is 0 Å². The lowest BCUT2D eigenvalue weighted by Gasteiger charge is -2.27. The summed E-state index contributed by atoms with van der Waals surface area (Å²) in [5.41, 5.74) is 0.702. The number of methoxy groups -OCH3 is 1. The van der Waals surface area contributed by atoms with Gasteiger partial charge in [0, 0.05) is 25.7 Å². The number of benzene rings is 2. The van der Waals surface area contributed by atoms with Crippen LogP contribution in [0.5, 0.6) is 5.75 Å². The third-order valence-electron chi connectivity index (χ3n) is 4.82. The summed E-state index contributed by atoms with van der Waals surface area (Å²) in [5, 5.41) is 0. The Bertz CT molecular complexity index is 1100. The number of sulfone groups is 1. The molecule has 3 rings (SSSR count). The molecule has 0 N–H and O–H groups in total. The van der Waals surface area contributed by atoms with Crippen LogP contribution in [0.3, 0.4) is 0 Å². The highest BCUT2D eigenvalue weighted by atomic mass is 32.2. The molecular weight excluding hydrogens is 416 g/mol. The van der Waals surface area contributed by atoms with E-state index in [1.807, 2.05) is 0 Å². The molecule has 2 aromatic rings. The summed E-state index contributed by atoms with van der Waals surface area (Å²) in [7, 11) is -4.05. The molecule has 2 aromatic carbocycles. The Kier molecular flexibility index (Phi) is 5.85. The summed E-state index contributed by atoms with van der Waals surface area (Å²) < 4.78 is 55.3. The first-order chi connectivity index (χ1) is 13.7. The summed E-state index contributed by atoms with van der Waals surface area (Å²) in [6.07, 6.45) is 0. The number of rotatable bonds is 5. The van der Waals surface area contributed by atoms with Crippen LogP contribution in [0.1, 0.15) is 10.4 Å². The fourth-order valence-electron chi connectivity index (χ4n) is 3.05. The third-order valence-corrected chi connectivity index (χ3v) is 8.21. The van der Waals surface area contributed by atoms with Crippen molar-refractivity contribution < 1.29 is 26.4 Å². The van der Waals surface area contributed by atoms with Gasteiger partial charge in [0.2, 0.25) is 0 Å². The average Bonchev–Trinajstić information content (AvgIpc) is 2.72. The van der Waals surface area contributed by atoms with Gasteiger partial charge in [-0.05, 0) is 36.4 Å². The maximum Gasteiger partial charge on any atom is 0.264 e. The lowest BCUT2D eigenvalue weighted by atomic mass is 10.2. The minimum atomic E-state index is -3.86. The van der Waals surface area contributed by atoms with Gasteiger partial charge >= 0.3 is 0 Å². The van der Waals surface area contributed by atoms with Crippen LogP contribution >= 0.6 is 0 Å². The number of carbonyl (C=O) groups excluding carboxylic acids is 1. The van der Waals surface area contributed by atoms with E-state index in [2.05, 4.69) is 0 Å². The second-order valence-corrected chi connectivity index (χ2v) is 10.9. The number of anilines is 1. The van der Waals surface area contributed by atoms with E-state index in [9.17, 15) is 21.6 Å². The van der Waals surface area contributed by atoms with Crippen molar-refractivity contribution in [2.75, 3.05) is 43.1 Å². The molecule has 8 nitrogen and oxygen atoms in total. The summed E-state index contributed by atoms with van der Waals surface area (Å²) in [5.74, 6) is -0.0172. The molecule has 156 valence electrons. The van der Waals surface area contributed by atoms with Gasteiger partial charge in [0.25, 0.3) is 15.9 Å². The van der Waals surface area contributed by atoms with Crippen molar-refractivity contribution in [3.63, 3.8) is 0 Å². The zero-order chi connectivity index (χ0) is 21.2. The van der Waals surface area contributed by atoms with Crippen LogP contribution < -0.4 is 9.04 Å². The van der Waals surface area contributed by atoms with Crippen LogP contribution in [-0.4, -0.2) is 66.4 Å². The molecule has 0 aromatic heterocycles. The monoisotopic (exact) mass is 438 g/mol. The normalized spacial score (nSPS) is 16.3. The van der Waals surface area contributed by atoms with E-state index in [4.69, 9.17) is 4.74 Å². The molecule has 0 unspecified atom stereocenters. The van der Waals surface area contributed by atoms with E-state index in [-0.39, 0.29) is 35.4 Å². The van der Waals surface area contributed by atoms with Gasteiger partial charge in [-0.3, -0.25) is 9.10 Å². The number of hydrogen-bond donors (Lipinski definition) is 0. The molecule has 1 saturated heterocycles. The van der Waals surface area contributed by atoms with E-state index in [0.717, 1.165) is 4.31 Å². The third kappa shape index (κ3) is 4.38. The summed E-state index contributed by atoms with van der Waals surface area (Å²) in [4.78, 5) is 14.1. The van der Waals surface area contributed by atoms with Crippen molar-refractivity contribution in [3.8, 4) is 5.75 Å². The molecule has 0 aliphatic carbocycles. The second-order valence-electron chi connectivity index (χ2n) is 6.61. The molecule has 1 aliphatic heterocycles. The highest BCUT2D eigenvalue weighted by molar-refractivity contribution is 7.92. The van der Waals surface area contributed by atoms with E-state index < -0.39 is 19.9 Å². The Morgan fingerprint density at radius 1 is 1.03 bits per heavy atom. The number of carbonyl (C=O) groups is 1. The molecule has 29 heavy (non-hydrogen) atoms. The number of para-hydroxylation sites is 2. The number of ether oxygens (including phenoxy) is 1. The fraction of sp³-hybridized carbons (Fsp3) is 0.316. The van der Waals surface area contributed by atoms with Gasteiger partial charge in [-0.25, -0.2) is 16.8 Å². The Morgan fingerprint density at radius 2 is 1.62 bits per heavy atom. The lowest BCUT2D eigenvalue weighted by molar-refractivity contribution is 0.0770. The Morgan fingerprint density at radius 3 is 2.21 bits per heavy atom. The smallest absolute Gasteiger partial charge is 0.264 e. The molecule has 1 amide bonds. The molecule has 1 heterocycles. The van der Waals surface area contributed by atoms with E-state index in [1.54, 1.807) is 24.3 Å². The van der Waals surface area contributed by atoms with Crippen LogP contribution in [0, 0.1) is 0 Å². The largest absolute Gasteiger partial charge is 0.495 e. The maximum atomic E-state index is 13.0. The standard InChI is InChI=1S/C19H22N2O6S2/c1-20(17-5-3-4-6-18(17)27-2)29(25,26)16-9-7-15(8-10-16)19(22)21-11-13-28(23,24)14-12-21/h3-10H,11-14H2,1-2H3. The van der Waals surface area contributed by atoms with Crippen LogP contribution in [-0.2, 0) is 19.9 Å². The van der Waals surface area contributed by atoms with Gasteiger partial charge < -0.3 is 9.64 Å². The predicted octanol–water partition coefficient (Wildman–Crippen LogP) is 1.39. The van der Waals surface area contributed by atoms with Gasteiger partial charge in [0.15, 0.2) is 9.84 Å². The van der Waals surface area contributed by atoms with Crippen LogP contribution in [0.4, 0.5) is 5.69 Å². The maximum absolute atomic E-state index is 13.0. The first-order valence-electron chi connectivity index (χ1n) is 8.87. The van der Waals surface area contributed by atoms with Crippen LogP contribution in [0.2, 0.25) is 0 Å². The van der Waals surface area contributed by atoms with Crippen molar-refractivity contribution in [3.05, 3.63) is 54.1 Å². The quantitative estimate of drug-likeness (QED) is 0.699. The van der Waals surface area contributed by atoms with Crippen molar-refractivity contribution in [1.29, 1.82) is 0 Å². The van der Waals surface area contributed by atoms with Crippen LogP contribution in [0.15, 0.2) is 53.4 Å². The highest BCUT2D eigenvalue weighted by Gasteiger charge is 2.27. The summed E-state index contributed by atoms with van der Waals surface area (Å²) >= 11 is 0. The Labute approximate surface area is 170 Å². The van der Waals surface area contributed by atoms with Gasteiger partial charge in [-0.2, -0.15) is 0 Å². The Hall–Kier alpha value is -2.59. The molecular formula is C19H22N2O6S2. The molecule has 10 heteroatoms. The SMILES string of the molecule is COc1ccccc1N(C)S(=O)(=O)c1ccc(C(=O)N2CCS(=O)(=O)CC2)cc1. The van der Waals surface area contributed by atoms with E-state index >= 15 is 0 Å². The van der Waals surface area contributed by atoms with Gasteiger partial charge in [0.1, 0.15) is 5.75 Å². The zero-order valence-corrected chi connectivity index (χ0v) is 17.7. The average molecular weight is 439 g/mol. The zero-order valence-electron chi connectivity index (χ0n) is 16.1. The summed E-state index contributed by atoms with van der Waals surface area (Å²) in [6, 6.07) is 12.4. The van der Waals surface area contributed by atoms with Gasteiger partial charge in [-0.1, -0.05) is 12.1 Å². The molecule has 0 spiro atoms. The highest BCUT2D eigenvalue weighted by Crippen LogP contribution is 2.30. The van der Waals surface area contributed by atoms with Gasteiger partial charge in [-0.15, -0.1) is 0 Å². The number of nitrogens with zero attached hydrogens (tertiary/aromatic N) is 2. The topological polar surface area (TPSA) is 101 Å². The minimum Gasteiger partial charge on any atom is -0.495 e. The summed E-state index contributed by atoms with van der Waals surface area (Å²) in [6.45, 7) is 0.273. The minimum absolute atomic E-state index is 0.0312. The fourth-order valence-corrected chi connectivity index (χ4v) is 5.45. The van der Waals surface area contributed by atoms with E-state index in [0.29, 0.717) is 17.0 Å². The molecule has 1 fully saturated rings. The molecule has 0 radical (unpaired) electrons. The molecule has 0 bridgehead atoms. The predicted molar refractivity (Wildman–Crippen MR) is 110 cm³/mol. The lowest BCUT2D eigenvalue weighted by Crippen LogP contribution is -2.43. The van der Waals surface area contributed by atoms with Crippen molar-refractivity contribution >= 4 is 31.5 Å². The van der Waals surface area contributed by atoms with E-state index in [1.165, 1.54) is 43.3 Å². The number of sulfonamides is 1. The number of amides is 1. The second kappa shape index (κ2) is 8.03. The first-order valence-corrected chi connectivity index (χ1v) is 12.1. The van der Waals surface area contributed by atoms with Crippen molar-refractivity contribution in [2.24, 2.45) is 0 Å². The van der Waals surface area contributed by atoms with Crippen molar-refractivity contribution in [2.45, 2.75) is 4.90 Å².